The lowest BCUT2D eigenvalue weighted by Crippen LogP contribution is -2.23. The van der Waals surface area contributed by atoms with E-state index >= 15 is 0 Å². The number of terminal acetylenes is 1. The molecule has 16 heavy (non-hydrogen) atoms. The second kappa shape index (κ2) is 5.10. The van der Waals surface area contributed by atoms with Crippen LogP contribution in [0.25, 0.3) is 0 Å². The maximum Gasteiger partial charge on any atom is 0.244 e. The van der Waals surface area contributed by atoms with Crippen molar-refractivity contribution in [1.29, 1.82) is 0 Å². The highest BCUT2D eigenvalue weighted by Crippen LogP contribution is 2.23. The minimum atomic E-state index is -0.577. The molecule has 1 aromatic rings. The number of ether oxygens (including phenoxy) is 1. The first-order valence-electron chi connectivity index (χ1n) is 5.18. The van der Waals surface area contributed by atoms with Crippen molar-refractivity contribution < 1.29 is 9.26 Å². The van der Waals surface area contributed by atoms with E-state index in [0.717, 1.165) is 0 Å². The lowest BCUT2D eigenvalue weighted by Gasteiger charge is -2.19. The molecule has 2 N–H and O–H groups in total. The molecule has 0 aliphatic rings. The predicted molar refractivity (Wildman–Crippen MR) is 59.3 cm³/mol. The summed E-state index contributed by atoms with van der Waals surface area (Å²) in [6.45, 7) is 6.23. The second-order valence-electron chi connectivity index (χ2n) is 3.91. The van der Waals surface area contributed by atoms with E-state index in [0.29, 0.717) is 24.7 Å². The van der Waals surface area contributed by atoms with E-state index in [-0.39, 0.29) is 0 Å². The SMILES string of the molecule is C#CCC(N)c1nc(C(C)(C)OCC)no1. The first-order chi connectivity index (χ1) is 7.51. The summed E-state index contributed by atoms with van der Waals surface area (Å²) in [7, 11) is 0. The molecule has 0 amide bonds. The largest absolute Gasteiger partial charge is 0.368 e. The summed E-state index contributed by atoms with van der Waals surface area (Å²) in [5.41, 5.74) is 5.18. The van der Waals surface area contributed by atoms with Crippen molar-refractivity contribution in [1.82, 2.24) is 10.1 Å². The monoisotopic (exact) mass is 223 g/mol. The summed E-state index contributed by atoms with van der Waals surface area (Å²) in [6.07, 6.45) is 5.53. The Morgan fingerprint density at radius 3 is 2.88 bits per heavy atom. The summed E-state index contributed by atoms with van der Waals surface area (Å²) in [6, 6.07) is -0.413. The number of aromatic nitrogens is 2. The van der Waals surface area contributed by atoms with Crippen LogP contribution in [0.2, 0.25) is 0 Å². The highest BCUT2D eigenvalue weighted by Gasteiger charge is 2.28. The van der Waals surface area contributed by atoms with E-state index in [1.54, 1.807) is 0 Å². The standard InChI is InChI=1S/C11H17N3O2/c1-5-7-8(12)9-13-10(14-16-9)11(3,4)15-6-2/h1,8H,6-7,12H2,2-4H3. The van der Waals surface area contributed by atoms with Gasteiger partial charge in [-0.3, -0.25) is 0 Å². The van der Waals surface area contributed by atoms with E-state index in [1.165, 1.54) is 0 Å². The molecular weight excluding hydrogens is 206 g/mol. The molecule has 0 aromatic carbocycles. The van der Waals surface area contributed by atoms with Gasteiger partial charge in [-0.1, -0.05) is 5.16 Å². The average Bonchev–Trinajstić information content (AvgIpc) is 2.67. The molecule has 0 spiro atoms. The molecule has 0 saturated carbocycles. The lowest BCUT2D eigenvalue weighted by molar-refractivity contribution is -0.0221. The lowest BCUT2D eigenvalue weighted by atomic mass is 10.1. The van der Waals surface area contributed by atoms with Crippen molar-refractivity contribution in [3.63, 3.8) is 0 Å². The Hall–Kier alpha value is -1.38. The summed E-state index contributed by atoms with van der Waals surface area (Å²) < 4.78 is 10.6. The van der Waals surface area contributed by atoms with Crippen LogP contribution in [-0.2, 0) is 10.3 Å². The Balaban J connectivity index is 2.82. The van der Waals surface area contributed by atoms with Gasteiger partial charge >= 0.3 is 0 Å². The number of nitrogens with two attached hydrogens (primary N) is 1. The average molecular weight is 223 g/mol. The quantitative estimate of drug-likeness (QED) is 0.763. The molecule has 0 aliphatic carbocycles. The van der Waals surface area contributed by atoms with Crippen LogP contribution < -0.4 is 5.73 Å². The van der Waals surface area contributed by atoms with E-state index < -0.39 is 11.6 Å². The molecule has 1 rings (SSSR count). The Morgan fingerprint density at radius 1 is 1.62 bits per heavy atom. The third kappa shape index (κ3) is 2.81. The van der Waals surface area contributed by atoms with Crippen LogP contribution >= 0.6 is 0 Å². The number of rotatable bonds is 5. The van der Waals surface area contributed by atoms with Gasteiger partial charge in [0.2, 0.25) is 11.7 Å². The maximum absolute atomic E-state index is 5.76. The van der Waals surface area contributed by atoms with Gasteiger partial charge in [0.25, 0.3) is 0 Å². The molecule has 0 aliphatic heterocycles. The van der Waals surface area contributed by atoms with Gasteiger partial charge in [-0.2, -0.15) is 4.98 Å². The molecule has 1 atom stereocenters. The summed E-state index contributed by atoms with van der Waals surface area (Å²) >= 11 is 0. The normalized spacial score (nSPS) is 13.4. The molecule has 1 heterocycles. The van der Waals surface area contributed by atoms with Crippen molar-refractivity contribution in [2.45, 2.75) is 38.8 Å². The highest BCUT2D eigenvalue weighted by molar-refractivity contribution is 5.02. The third-order valence-corrected chi connectivity index (χ3v) is 2.14. The first kappa shape index (κ1) is 12.7. The van der Waals surface area contributed by atoms with Gasteiger partial charge in [0.05, 0.1) is 6.04 Å². The minimum Gasteiger partial charge on any atom is -0.368 e. The van der Waals surface area contributed by atoms with Gasteiger partial charge in [-0.15, -0.1) is 12.3 Å². The number of nitrogens with zero attached hydrogens (tertiary/aromatic N) is 2. The Labute approximate surface area is 95.4 Å². The van der Waals surface area contributed by atoms with Gasteiger partial charge in [-0.05, 0) is 20.8 Å². The smallest absolute Gasteiger partial charge is 0.244 e. The van der Waals surface area contributed by atoms with E-state index in [2.05, 4.69) is 16.1 Å². The molecule has 88 valence electrons. The van der Waals surface area contributed by atoms with Crippen LogP contribution in [0.3, 0.4) is 0 Å². The first-order valence-corrected chi connectivity index (χ1v) is 5.18. The number of hydrogen-bond donors (Lipinski definition) is 1. The van der Waals surface area contributed by atoms with Crippen LogP contribution in [0.4, 0.5) is 0 Å². The molecule has 0 saturated heterocycles. The van der Waals surface area contributed by atoms with E-state index in [9.17, 15) is 0 Å². The molecule has 5 nitrogen and oxygen atoms in total. The predicted octanol–water partition coefficient (Wildman–Crippen LogP) is 1.36. The summed E-state index contributed by atoms with van der Waals surface area (Å²) in [5, 5.41) is 3.85. The van der Waals surface area contributed by atoms with E-state index in [1.807, 2.05) is 20.8 Å². The van der Waals surface area contributed by atoms with Gasteiger partial charge in [0, 0.05) is 13.0 Å². The Bertz CT molecular complexity index is 379. The van der Waals surface area contributed by atoms with Crippen LogP contribution in [0.15, 0.2) is 4.52 Å². The van der Waals surface area contributed by atoms with Crippen molar-refractivity contribution >= 4 is 0 Å². The van der Waals surface area contributed by atoms with E-state index in [4.69, 9.17) is 21.4 Å². The zero-order chi connectivity index (χ0) is 12.2. The molecule has 0 bridgehead atoms. The van der Waals surface area contributed by atoms with Crippen LogP contribution in [-0.4, -0.2) is 16.7 Å². The molecule has 1 unspecified atom stereocenters. The Kier molecular flexibility index (Phi) is 4.05. The number of hydrogen-bond acceptors (Lipinski definition) is 5. The van der Waals surface area contributed by atoms with Crippen molar-refractivity contribution in [2.24, 2.45) is 5.73 Å². The maximum atomic E-state index is 5.76. The van der Waals surface area contributed by atoms with Crippen LogP contribution in [0.1, 0.15) is 44.9 Å². The van der Waals surface area contributed by atoms with Crippen molar-refractivity contribution in [3.8, 4) is 12.3 Å². The summed E-state index contributed by atoms with van der Waals surface area (Å²) in [4.78, 5) is 4.20. The minimum absolute atomic E-state index is 0.348. The van der Waals surface area contributed by atoms with Crippen LogP contribution in [0, 0.1) is 12.3 Å². The second-order valence-corrected chi connectivity index (χ2v) is 3.91. The third-order valence-electron chi connectivity index (χ3n) is 2.14. The zero-order valence-electron chi connectivity index (χ0n) is 9.86. The van der Waals surface area contributed by atoms with Gasteiger partial charge in [-0.25, -0.2) is 0 Å². The van der Waals surface area contributed by atoms with Crippen molar-refractivity contribution in [2.75, 3.05) is 6.61 Å². The molecule has 0 fully saturated rings. The molecule has 1 aromatic heterocycles. The molecular formula is C11H17N3O2. The van der Waals surface area contributed by atoms with Gasteiger partial charge in [0.1, 0.15) is 5.60 Å². The van der Waals surface area contributed by atoms with Gasteiger partial charge in [0.15, 0.2) is 0 Å². The summed E-state index contributed by atoms with van der Waals surface area (Å²) in [5.74, 6) is 3.29. The fourth-order valence-corrected chi connectivity index (χ4v) is 1.27. The van der Waals surface area contributed by atoms with Crippen LogP contribution in [0.5, 0.6) is 0 Å². The zero-order valence-corrected chi connectivity index (χ0v) is 9.86. The van der Waals surface area contributed by atoms with Gasteiger partial charge < -0.3 is 15.0 Å². The molecule has 5 heteroatoms. The van der Waals surface area contributed by atoms with Crippen molar-refractivity contribution in [3.05, 3.63) is 11.7 Å². The topological polar surface area (TPSA) is 74.2 Å². The Morgan fingerprint density at radius 2 is 2.31 bits per heavy atom. The molecule has 0 radical (unpaired) electrons. The highest BCUT2D eigenvalue weighted by atomic mass is 16.5. The fourth-order valence-electron chi connectivity index (χ4n) is 1.27. The fraction of sp³-hybridized carbons (Fsp3) is 0.636.